The molecule has 0 saturated carbocycles. The average molecular weight is 487 g/mol. The van der Waals surface area contributed by atoms with Gasteiger partial charge >= 0.3 is 0 Å². The highest BCUT2D eigenvalue weighted by molar-refractivity contribution is 6.02. The highest BCUT2D eigenvalue weighted by atomic mass is 16.5. The number of nitrogens with zero attached hydrogens (tertiary/aromatic N) is 1. The van der Waals surface area contributed by atoms with Gasteiger partial charge < -0.3 is 23.9 Å². The van der Waals surface area contributed by atoms with Gasteiger partial charge in [0.25, 0.3) is 0 Å². The second-order valence-electron chi connectivity index (χ2n) is 8.30. The molecule has 0 bridgehead atoms. The lowest BCUT2D eigenvalue weighted by atomic mass is 9.96. The van der Waals surface area contributed by atoms with Crippen LogP contribution in [0.2, 0.25) is 0 Å². The van der Waals surface area contributed by atoms with Gasteiger partial charge in [-0.25, -0.2) is 0 Å². The fraction of sp³-hybridized carbons (Fsp3) is 0.241. The van der Waals surface area contributed by atoms with E-state index in [0.29, 0.717) is 30.4 Å². The number of aromatic nitrogens is 1. The first-order chi connectivity index (χ1) is 17.5. The average Bonchev–Trinajstić information content (AvgIpc) is 3.33. The van der Waals surface area contributed by atoms with Crippen molar-refractivity contribution >= 4 is 22.4 Å². The lowest BCUT2D eigenvalue weighted by Gasteiger charge is -2.15. The van der Waals surface area contributed by atoms with Crippen LogP contribution < -0.4 is 19.5 Å². The zero-order valence-corrected chi connectivity index (χ0v) is 21.2. The maximum absolute atomic E-state index is 12.7. The van der Waals surface area contributed by atoms with Gasteiger partial charge in [0, 0.05) is 52.7 Å². The molecular weight excluding hydrogens is 456 g/mol. The van der Waals surface area contributed by atoms with Crippen LogP contribution in [-0.2, 0) is 11.3 Å². The van der Waals surface area contributed by atoms with E-state index in [1.807, 2.05) is 57.2 Å². The molecule has 0 saturated heterocycles. The number of allylic oxidation sites excluding steroid dienone is 1. The number of methoxy groups -OCH3 is 2. The summed E-state index contributed by atoms with van der Waals surface area (Å²) < 4.78 is 23.1. The Morgan fingerprint density at radius 3 is 2.56 bits per heavy atom. The topological polar surface area (TPSA) is 82.8 Å². The fourth-order valence-electron chi connectivity index (χ4n) is 4.19. The van der Waals surface area contributed by atoms with Crippen molar-refractivity contribution in [2.75, 3.05) is 20.8 Å². The van der Waals surface area contributed by atoms with Crippen LogP contribution in [-0.4, -0.2) is 31.7 Å². The van der Waals surface area contributed by atoms with E-state index in [0.717, 1.165) is 44.4 Å². The number of hydrogen-bond acceptors (Lipinski definition) is 6. The SMILES string of the molecule is CCOc1c(/C(C)=C/C(=O)NCc2ccncc2)cc2c(-c3cc(OC)ccc3OC)coc2c1C. The van der Waals surface area contributed by atoms with Gasteiger partial charge in [-0.2, -0.15) is 0 Å². The molecule has 1 amide bonds. The van der Waals surface area contributed by atoms with Gasteiger partial charge in [0.05, 0.1) is 27.1 Å². The van der Waals surface area contributed by atoms with Crippen LogP contribution in [0.1, 0.15) is 30.5 Å². The van der Waals surface area contributed by atoms with Crippen molar-refractivity contribution in [2.24, 2.45) is 0 Å². The normalized spacial score (nSPS) is 11.4. The van der Waals surface area contributed by atoms with E-state index >= 15 is 0 Å². The molecule has 0 aliphatic heterocycles. The molecule has 0 aliphatic carbocycles. The number of hydrogen-bond donors (Lipinski definition) is 1. The summed E-state index contributed by atoms with van der Waals surface area (Å²) in [7, 11) is 3.26. The lowest BCUT2D eigenvalue weighted by molar-refractivity contribution is -0.116. The number of amides is 1. The molecule has 0 unspecified atom stereocenters. The van der Waals surface area contributed by atoms with Crippen LogP contribution >= 0.6 is 0 Å². The molecule has 7 nitrogen and oxygen atoms in total. The molecule has 186 valence electrons. The third-order valence-corrected chi connectivity index (χ3v) is 6.02. The molecule has 2 heterocycles. The van der Waals surface area contributed by atoms with Crippen molar-refractivity contribution in [3.05, 3.63) is 77.8 Å². The Kier molecular flexibility index (Phi) is 7.59. The van der Waals surface area contributed by atoms with Crippen molar-refractivity contribution in [1.29, 1.82) is 0 Å². The van der Waals surface area contributed by atoms with Gasteiger partial charge in [-0.1, -0.05) is 0 Å². The number of pyridine rings is 1. The van der Waals surface area contributed by atoms with Crippen molar-refractivity contribution < 1.29 is 23.4 Å². The van der Waals surface area contributed by atoms with Gasteiger partial charge in [0.15, 0.2) is 0 Å². The maximum atomic E-state index is 12.7. The van der Waals surface area contributed by atoms with Crippen LogP contribution in [0.15, 0.2) is 65.5 Å². The summed E-state index contributed by atoms with van der Waals surface area (Å²) >= 11 is 0. The highest BCUT2D eigenvalue weighted by Crippen LogP contribution is 2.43. The number of rotatable bonds is 9. The molecule has 36 heavy (non-hydrogen) atoms. The van der Waals surface area contributed by atoms with E-state index in [1.54, 1.807) is 39.0 Å². The molecule has 2 aromatic carbocycles. The number of carbonyl (C=O) groups excluding carboxylic acids is 1. The van der Waals surface area contributed by atoms with Crippen LogP contribution in [0.5, 0.6) is 17.2 Å². The molecule has 0 spiro atoms. The Morgan fingerprint density at radius 1 is 1.08 bits per heavy atom. The fourth-order valence-corrected chi connectivity index (χ4v) is 4.19. The van der Waals surface area contributed by atoms with E-state index in [-0.39, 0.29) is 5.91 Å². The third kappa shape index (κ3) is 5.05. The van der Waals surface area contributed by atoms with E-state index in [4.69, 9.17) is 18.6 Å². The van der Waals surface area contributed by atoms with Gasteiger partial charge in [-0.05, 0) is 68.3 Å². The highest BCUT2D eigenvalue weighted by Gasteiger charge is 2.21. The van der Waals surface area contributed by atoms with Crippen molar-refractivity contribution in [2.45, 2.75) is 27.3 Å². The predicted octanol–water partition coefficient (Wildman–Crippen LogP) is 5.94. The Hall–Kier alpha value is -4.26. The number of carbonyl (C=O) groups is 1. The lowest BCUT2D eigenvalue weighted by Crippen LogP contribution is -2.20. The minimum Gasteiger partial charge on any atom is -0.497 e. The molecule has 7 heteroatoms. The minimum absolute atomic E-state index is 0.189. The van der Waals surface area contributed by atoms with Gasteiger partial charge in [0.2, 0.25) is 5.91 Å². The molecule has 0 radical (unpaired) electrons. The molecular formula is C29H30N2O5. The zero-order chi connectivity index (χ0) is 25.7. The molecule has 4 aromatic rings. The molecule has 0 aliphatic rings. The van der Waals surface area contributed by atoms with Gasteiger partial charge in [-0.3, -0.25) is 9.78 Å². The summed E-state index contributed by atoms with van der Waals surface area (Å²) in [5, 5.41) is 3.82. The predicted molar refractivity (Wildman–Crippen MR) is 140 cm³/mol. The van der Waals surface area contributed by atoms with Crippen molar-refractivity contribution in [3.8, 4) is 28.4 Å². The van der Waals surface area contributed by atoms with E-state index in [9.17, 15) is 4.79 Å². The van der Waals surface area contributed by atoms with Crippen molar-refractivity contribution in [3.63, 3.8) is 0 Å². The van der Waals surface area contributed by atoms with E-state index < -0.39 is 0 Å². The maximum Gasteiger partial charge on any atom is 0.244 e. The molecule has 0 fully saturated rings. The number of fused-ring (bicyclic) bond motifs is 1. The first kappa shape index (κ1) is 24.9. The molecule has 2 aromatic heterocycles. The Morgan fingerprint density at radius 2 is 1.86 bits per heavy atom. The number of benzene rings is 2. The standard InChI is InChI=1S/C29H30N2O5/c1-6-35-28-19(3)29-24(25(17-36-29)23-14-21(33-4)7-8-26(23)34-5)15-22(28)18(2)13-27(32)31-16-20-9-11-30-12-10-20/h7-15,17H,6,16H2,1-5H3,(H,31,32)/b18-13+. The van der Waals surface area contributed by atoms with Crippen LogP contribution in [0.4, 0.5) is 0 Å². The number of aryl methyl sites for hydroxylation is 1. The second-order valence-corrected chi connectivity index (χ2v) is 8.30. The summed E-state index contributed by atoms with van der Waals surface area (Å²) in [6.45, 7) is 6.70. The van der Waals surface area contributed by atoms with E-state index in [2.05, 4.69) is 10.3 Å². The summed E-state index contributed by atoms with van der Waals surface area (Å²) in [6.07, 6.45) is 6.72. The molecule has 4 rings (SSSR count). The van der Waals surface area contributed by atoms with Crippen LogP contribution in [0.25, 0.3) is 27.7 Å². The summed E-state index contributed by atoms with van der Waals surface area (Å²) in [4.78, 5) is 16.7. The van der Waals surface area contributed by atoms with Crippen LogP contribution in [0, 0.1) is 6.92 Å². The summed E-state index contributed by atoms with van der Waals surface area (Å²) in [5.74, 6) is 1.92. The van der Waals surface area contributed by atoms with Crippen LogP contribution in [0.3, 0.4) is 0 Å². The monoisotopic (exact) mass is 486 g/mol. The van der Waals surface area contributed by atoms with Gasteiger partial charge in [-0.15, -0.1) is 0 Å². The van der Waals surface area contributed by atoms with E-state index in [1.165, 1.54) is 0 Å². The Bertz CT molecular complexity index is 1410. The smallest absolute Gasteiger partial charge is 0.244 e. The van der Waals surface area contributed by atoms with Gasteiger partial charge in [0.1, 0.15) is 22.8 Å². The summed E-state index contributed by atoms with van der Waals surface area (Å²) in [5.41, 5.74) is 5.88. The number of nitrogens with one attached hydrogen (secondary N) is 1. The number of furan rings is 1. The third-order valence-electron chi connectivity index (χ3n) is 6.02. The van der Waals surface area contributed by atoms with Crippen molar-refractivity contribution in [1.82, 2.24) is 10.3 Å². The molecule has 1 N–H and O–H groups in total. The first-order valence-electron chi connectivity index (χ1n) is 11.7. The Labute approximate surface area is 210 Å². The summed E-state index contributed by atoms with van der Waals surface area (Å²) in [6, 6.07) is 11.4. The second kappa shape index (κ2) is 11.0. The number of ether oxygens (including phenoxy) is 3. The first-order valence-corrected chi connectivity index (χ1v) is 11.7. The quantitative estimate of drug-likeness (QED) is 0.295. The largest absolute Gasteiger partial charge is 0.497 e. The minimum atomic E-state index is -0.189. The zero-order valence-electron chi connectivity index (χ0n) is 21.2. The Balaban J connectivity index is 1.77. The molecule has 0 atom stereocenters.